The summed E-state index contributed by atoms with van der Waals surface area (Å²) in [7, 11) is 0. The number of rotatable bonds is 10. The minimum absolute atomic E-state index is 0.00675. The largest absolute Gasteiger partial charge is 0.481 e. The monoisotopic (exact) mass is 476 g/mol. The first-order valence-corrected chi connectivity index (χ1v) is 11.5. The van der Waals surface area contributed by atoms with Gasteiger partial charge in [0, 0.05) is 24.6 Å². The molecule has 1 saturated heterocycles. The molecule has 0 aliphatic carbocycles. The van der Waals surface area contributed by atoms with Gasteiger partial charge in [0.15, 0.2) is 17.6 Å². The molecule has 1 N–H and O–H groups in total. The predicted octanol–water partition coefficient (Wildman–Crippen LogP) is 5.06. The molecule has 2 heterocycles. The molecule has 0 radical (unpaired) electrons. The highest BCUT2D eigenvalue weighted by molar-refractivity contribution is 7.09. The smallest absolute Gasteiger partial charge is 0.311 e. The minimum Gasteiger partial charge on any atom is -0.481 e. The van der Waals surface area contributed by atoms with Gasteiger partial charge >= 0.3 is 11.7 Å². The lowest BCUT2D eigenvalue weighted by Gasteiger charge is -2.42. The van der Waals surface area contributed by atoms with E-state index in [0.29, 0.717) is 19.4 Å². The lowest BCUT2D eigenvalue weighted by Crippen LogP contribution is -2.50. The molecule has 0 saturated carbocycles. The van der Waals surface area contributed by atoms with Crippen LogP contribution in [-0.4, -0.2) is 39.5 Å². The van der Waals surface area contributed by atoms with Gasteiger partial charge in [0.05, 0.1) is 21.9 Å². The fourth-order valence-electron chi connectivity index (χ4n) is 3.59. The number of ether oxygens (including phenoxy) is 3. The average molecular weight is 477 g/mol. The first kappa shape index (κ1) is 24.8. The summed E-state index contributed by atoms with van der Waals surface area (Å²) in [6, 6.07) is 4.82. The number of benzene rings is 1. The van der Waals surface area contributed by atoms with Crippen molar-refractivity contribution in [1.29, 1.82) is 0 Å². The second kappa shape index (κ2) is 10.9. The van der Waals surface area contributed by atoms with Crippen molar-refractivity contribution in [1.82, 2.24) is 4.98 Å². The third-order valence-electron chi connectivity index (χ3n) is 5.27. The standard InChI is InChI=1S/C23H28N2O7S/c1-15-9-10-18(17(11-15)25(28)29)32-23(2,3)22-30-13-16(7-5-4-6-8-20(26)27)21(31-22)19-12-24-14-33-19/h4-5,9-12,14,16,21-22H,6-8,13H2,1-3H3,(H,26,27)/b5-4-. The lowest BCUT2D eigenvalue weighted by molar-refractivity contribution is -0.386. The molecule has 0 bridgehead atoms. The Bertz CT molecular complexity index is 991. The van der Waals surface area contributed by atoms with Gasteiger partial charge in [-0.1, -0.05) is 18.2 Å². The molecule has 33 heavy (non-hydrogen) atoms. The highest BCUT2D eigenvalue weighted by Crippen LogP contribution is 2.41. The van der Waals surface area contributed by atoms with Gasteiger partial charge in [-0.15, -0.1) is 11.3 Å². The second-order valence-electron chi connectivity index (χ2n) is 8.46. The van der Waals surface area contributed by atoms with Crippen molar-refractivity contribution in [2.75, 3.05) is 6.61 Å². The molecule has 1 aliphatic heterocycles. The second-order valence-corrected chi connectivity index (χ2v) is 9.38. The number of hydrogen-bond acceptors (Lipinski definition) is 8. The Kier molecular flexibility index (Phi) is 8.17. The van der Waals surface area contributed by atoms with E-state index in [-0.39, 0.29) is 29.9 Å². The van der Waals surface area contributed by atoms with Crippen molar-refractivity contribution >= 4 is 23.0 Å². The number of nitrogens with zero attached hydrogens (tertiary/aromatic N) is 2. The summed E-state index contributed by atoms with van der Waals surface area (Å²) in [5.74, 6) is -0.668. The Morgan fingerprint density at radius 2 is 2.21 bits per heavy atom. The minimum atomic E-state index is -1.01. The van der Waals surface area contributed by atoms with Gasteiger partial charge in [0.25, 0.3) is 0 Å². The van der Waals surface area contributed by atoms with Crippen LogP contribution in [0, 0.1) is 23.0 Å². The van der Waals surface area contributed by atoms with E-state index in [2.05, 4.69) is 4.98 Å². The number of nitro benzene ring substituents is 1. The number of thiazole rings is 1. The fraction of sp³-hybridized carbons (Fsp3) is 0.478. The molecule has 2 aromatic rings. The van der Waals surface area contributed by atoms with E-state index >= 15 is 0 Å². The third kappa shape index (κ3) is 6.59. The molecule has 3 unspecified atom stereocenters. The first-order chi connectivity index (χ1) is 15.7. The summed E-state index contributed by atoms with van der Waals surface area (Å²) >= 11 is 1.48. The Balaban J connectivity index is 1.73. The van der Waals surface area contributed by atoms with E-state index in [1.165, 1.54) is 17.4 Å². The summed E-state index contributed by atoms with van der Waals surface area (Å²) < 4.78 is 18.4. The molecule has 1 aromatic carbocycles. The zero-order valence-corrected chi connectivity index (χ0v) is 19.6. The van der Waals surface area contributed by atoms with Crippen LogP contribution in [0.4, 0.5) is 5.69 Å². The van der Waals surface area contributed by atoms with E-state index in [1.807, 2.05) is 12.2 Å². The topological polar surface area (TPSA) is 121 Å². The summed E-state index contributed by atoms with van der Waals surface area (Å²) in [6.45, 7) is 5.72. The van der Waals surface area contributed by atoms with E-state index in [9.17, 15) is 14.9 Å². The van der Waals surface area contributed by atoms with Gasteiger partial charge in [-0.05, 0) is 45.2 Å². The van der Waals surface area contributed by atoms with Crippen LogP contribution in [0.5, 0.6) is 5.75 Å². The highest BCUT2D eigenvalue weighted by atomic mass is 32.1. The summed E-state index contributed by atoms with van der Waals surface area (Å²) in [5, 5.41) is 20.3. The number of carbonyl (C=O) groups is 1. The van der Waals surface area contributed by atoms with Crippen molar-refractivity contribution < 1.29 is 29.0 Å². The molecule has 0 amide bonds. The molecule has 1 aliphatic rings. The average Bonchev–Trinajstić information content (AvgIpc) is 3.29. The fourth-order valence-corrected chi connectivity index (χ4v) is 4.33. The highest BCUT2D eigenvalue weighted by Gasteiger charge is 2.43. The number of aliphatic carboxylic acids is 1. The number of aromatic nitrogens is 1. The van der Waals surface area contributed by atoms with Crippen LogP contribution in [-0.2, 0) is 14.3 Å². The van der Waals surface area contributed by atoms with E-state index in [1.54, 1.807) is 44.6 Å². The van der Waals surface area contributed by atoms with E-state index in [4.69, 9.17) is 19.3 Å². The van der Waals surface area contributed by atoms with Gasteiger partial charge in [0.1, 0.15) is 6.10 Å². The molecule has 0 spiro atoms. The summed E-state index contributed by atoms with van der Waals surface area (Å²) in [6.07, 6.45) is 5.71. The molecule has 1 fully saturated rings. The number of aryl methyl sites for hydroxylation is 1. The van der Waals surface area contributed by atoms with Crippen molar-refractivity contribution in [2.24, 2.45) is 5.92 Å². The maximum atomic E-state index is 11.5. The number of allylic oxidation sites excluding steroid dienone is 2. The van der Waals surface area contributed by atoms with Gasteiger partial charge in [-0.2, -0.15) is 0 Å². The lowest BCUT2D eigenvalue weighted by atomic mass is 9.95. The van der Waals surface area contributed by atoms with Crippen LogP contribution in [0.25, 0.3) is 0 Å². The maximum absolute atomic E-state index is 11.5. The van der Waals surface area contributed by atoms with Crippen LogP contribution in [0.1, 0.15) is 49.7 Å². The maximum Gasteiger partial charge on any atom is 0.311 e. The predicted molar refractivity (Wildman–Crippen MR) is 122 cm³/mol. The van der Waals surface area contributed by atoms with Crippen molar-refractivity contribution in [3.63, 3.8) is 0 Å². The van der Waals surface area contributed by atoms with Gasteiger partial charge in [0.2, 0.25) is 0 Å². The molecular formula is C23H28N2O7S. The molecule has 178 valence electrons. The quantitative estimate of drug-likeness (QED) is 0.287. The van der Waals surface area contributed by atoms with Gasteiger partial charge in [-0.25, -0.2) is 0 Å². The normalized spacial score (nSPS) is 21.2. The molecule has 9 nitrogen and oxygen atoms in total. The zero-order valence-electron chi connectivity index (χ0n) is 18.8. The molecule has 3 atom stereocenters. The van der Waals surface area contributed by atoms with Crippen LogP contribution < -0.4 is 4.74 Å². The molecular weight excluding hydrogens is 448 g/mol. The van der Waals surface area contributed by atoms with Crippen LogP contribution >= 0.6 is 11.3 Å². The van der Waals surface area contributed by atoms with Crippen molar-refractivity contribution in [2.45, 2.75) is 58.0 Å². The Labute approximate surface area is 196 Å². The molecule has 1 aromatic heterocycles. The number of carboxylic acids is 1. The Morgan fingerprint density at radius 3 is 2.88 bits per heavy atom. The number of carboxylic acid groups (broad SMARTS) is 1. The van der Waals surface area contributed by atoms with Gasteiger partial charge in [-0.3, -0.25) is 19.9 Å². The molecule has 3 rings (SSSR count). The SMILES string of the molecule is Cc1ccc(OC(C)(C)C2OCC(C/C=C\CCC(=O)O)C(c3cncs3)O2)c([N+](=O)[O-])c1. The third-order valence-corrected chi connectivity index (χ3v) is 6.11. The summed E-state index contributed by atoms with van der Waals surface area (Å²) in [5.41, 5.74) is 1.38. The Hall–Kier alpha value is -2.82. The van der Waals surface area contributed by atoms with Crippen LogP contribution in [0.3, 0.4) is 0 Å². The molecule has 10 heteroatoms. The van der Waals surface area contributed by atoms with Crippen LogP contribution in [0.15, 0.2) is 42.1 Å². The van der Waals surface area contributed by atoms with Gasteiger partial charge < -0.3 is 19.3 Å². The van der Waals surface area contributed by atoms with E-state index in [0.717, 1.165) is 10.4 Å². The zero-order chi connectivity index (χ0) is 24.0. The van der Waals surface area contributed by atoms with Crippen LogP contribution in [0.2, 0.25) is 0 Å². The van der Waals surface area contributed by atoms with Crippen molar-refractivity contribution in [3.8, 4) is 5.75 Å². The number of nitro groups is 1. The van der Waals surface area contributed by atoms with E-state index < -0.39 is 22.8 Å². The Morgan fingerprint density at radius 1 is 1.42 bits per heavy atom. The first-order valence-electron chi connectivity index (χ1n) is 10.6. The summed E-state index contributed by atoms with van der Waals surface area (Å²) in [4.78, 5) is 26.8. The van der Waals surface area contributed by atoms with Crippen molar-refractivity contribution in [3.05, 3.63) is 62.6 Å². The number of hydrogen-bond donors (Lipinski definition) is 1.